The van der Waals surface area contributed by atoms with Crippen molar-refractivity contribution in [2.24, 2.45) is 11.3 Å². The van der Waals surface area contributed by atoms with Crippen molar-refractivity contribution in [3.63, 3.8) is 0 Å². The molecule has 0 spiro atoms. The van der Waals surface area contributed by atoms with E-state index in [0.717, 1.165) is 27.1 Å². The largest absolute Gasteiger partial charge is 0.465 e. The number of aliphatic hydroxyl groups excluding tert-OH is 1. The average Bonchev–Trinajstić information content (AvgIpc) is 2.82. The summed E-state index contributed by atoms with van der Waals surface area (Å²) in [6, 6.07) is 18.4. The van der Waals surface area contributed by atoms with Crippen LogP contribution in [0.25, 0.3) is 21.5 Å². The molecule has 0 amide bonds. The van der Waals surface area contributed by atoms with Crippen molar-refractivity contribution in [3.8, 4) is 0 Å². The number of ether oxygens (including phenoxy) is 2. The van der Waals surface area contributed by atoms with Gasteiger partial charge in [-0.3, -0.25) is 9.59 Å². The maximum Gasteiger partial charge on any atom is 0.311 e. The summed E-state index contributed by atoms with van der Waals surface area (Å²) in [5.41, 5.74) is 0.161. The SMILES string of the molecule is CCC(CC(C)(C)C(=O)OCc1c2ccccc2cc2ccccc12)C(=O)OCCCCO. The van der Waals surface area contributed by atoms with Crippen LogP contribution in [0.3, 0.4) is 0 Å². The van der Waals surface area contributed by atoms with Crippen molar-refractivity contribution in [3.05, 3.63) is 60.2 Å². The van der Waals surface area contributed by atoms with E-state index in [2.05, 4.69) is 30.3 Å². The van der Waals surface area contributed by atoms with Gasteiger partial charge < -0.3 is 14.6 Å². The molecule has 1 atom stereocenters. The lowest BCUT2D eigenvalue weighted by molar-refractivity contribution is -0.159. The van der Waals surface area contributed by atoms with Gasteiger partial charge >= 0.3 is 11.9 Å². The molecule has 5 nitrogen and oxygen atoms in total. The number of esters is 2. The summed E-state index contributed by atoms with van der Waals surface area (Å²) in [4.78, 5) is 25.6. The molecule has 0 aromatic heterocycles. The molecule has 5 heteroatoms. The van der Waals surface area contributed by atoms with E-state index in [1.807, 2.05) is 45.0 Å². The molecule has 0 saturated carbocycles. The Morgan fingerprint density at radius 1 is 0.939 bits per heavy atom. The number of rotatable bonds is 11. The predicted octanol–water partition coefficient (Wildman–Crippen LogP) is 5.79. The molecule has 0 saturated heterocycles. The minimum atomic E-state index is -0.828. The third kappa shape index (κ3) is 6.11. The second-order valence-corrected chi connectivity index (χ2v) is 9.16. The Morgan fingerprint density at radius 3 is 2.12 bits per heavy atom. The molecule has 0 fully saturated rings. The van der Waals surface area contributed by atoms with Crippen LogP contribution >= 0.6 is 0 Å². The van der Waals surface area contributed by atoms with Crippen molar-refractivity contribution in [2.75, 3.05) is 13.2 Å². The maximum atomic E-state index is 13.1. The Bertz CT molecular complexity index is 1050. The van der Waals surface area contributed by atoms with Gasteiger partial charge in [0.25, 0.3) is 0 Å². The van der Waals surface area contributed by atoms with E-state index in [4.69, 9.17) is 14.6 Å². The van der Waals surface area contributed by atoms with Crippen LogP contribution in [0.5, 0.6) is 0 Å². The average molecular weight is 451 g/mol. The second-order valence-electron chi connectivity index (χ2n) is 9.16. The summed E-state index contributed by atoms with van der Waals surface area (Å²) >= 11 is 0. The minimum Gasteiger partial charge on any atom is -0.465 e. The monoisotopic (exact) mass is 450 g/mol. The summed E-state index contributed by atoms with van der Waals surface area (Å²) in [5, 5.41) is 13.2. The van der Waals surface area contributed by atoms with Crippen LogP contribution in [0.4, 0.5) is 0 Å². The minimum absolute atomic E-state index is 0.0830. The van der Waals surface area contributed by atoms with Crippen LogP contribution in [0.2, 0.25) is 0 Å². The highest BCUT2D eigenvalue weighted by Gasteiger charge is 2.35. The van der Waals surface area contributed by atoms with Gasteiger partial charge in [0.15, 0.2) is 0 Å². The lowest BCUT2D eigenvalue weighted by Gasteiger charge is -2.26. The van der Waals surface area contributed by atoms with E-state index in [9.17, 15) is 9.59 Å². The van der Waals surface area contributed by atoms with Crippen LogP contribution in [-0.4, -0.2) is 30.3 Å². The zero-order chi connectivity index (χ0) is 23.8. The van der Waals surface area contributed by atoms with Gasteiger partial charge in [-0.15, -0.1) is 0 Å². The predicted molar refractivity (Wildman–Crippen MR) is 131 cm³/mol. The highest BCUT2D eigenvalue weighted by Crippen LogP contribution is 2.32. The van der Waals surface area contributed by atoms with Crippen LogP contribution in [-0.2, 0) is 25.7 Å². The van der Waals surface area contributed by atoms with E-state index in [1.165, 1.54) is 0 Å². The summed E-state index contributed by atoms with van der Waals surface area (Å²) < 4.78 is 11.2. The number of hydrogen-bond donors (Lipinski definition) is 1. The number of carbonyl (C=O) groups is 2. The van der Waals surface area contributed by atoms with Gasteiger partial charge in [0, 0.05) is 12.2 Å². The molecule has 0 aliphatic carbocycles. The molecule has 0 heterocycles. The zero-order valence-corrected chi connectivity index (χ0v) is 19.8. The smallest absolute Gasteiger partial charge is 0.311 e. The Morgan fingerprint density at radius 2 is 1.55 bits per heavy atom. The lowest BCUT2D eigenvalue weighted by atomic mass is 9.81. The molecule has 33 heavy (non-hydrogen) atoms. The summed E-state index contributed by atoms with van der Waals surface area (Å²) in [6.07, 6.45) is 2.18. The molecule has 176 valence electrons. The molecule has 0 bridgehead atoms. The number of benzene rings is 3. The van der Waals surface area contributed by atoms with Gasteiger partial charge in [-0.2, -0.15) is 0 Å². The topological polar surface area (TPSA) is 72.8 Å². The fraction of sp³-hybridized carbons (Fsp3) is 0.429. The summed E-state index contributed by atoms with van der Waals surface area (Å²) in [7, 11) is 0. The normalized spacial score (nSPS) is 12.6. The van der Waals surface area contributed by atoms with E-state index in [-0.39, 0.29) is 37.7 Å². The lowest BCUT2D eigenvalue weighted by Crippen LogP contribution is -2.32. The number of fused-ring (bicyclic) bond motifs is 2. The van der Waals surface area contributed by atoms with E-state index < -0.39 is 5.41 Å². The first-order chi connectivity index (χ1) is 15.9. The molecule has 1 unspecified atom stereocenters. The molecule has 0 aliphatic rings. The molecule has 3 rings (SSSR count). The Kier molecular flexibility index (Phi) is 8.45. The Hall–Kier alpha value is -2.92. The van der Waals surface area contributed by atoms with Gasteiger partial charge in [-0.1, -0.05) is 55.5 Å². The third-order valence-electron chi connectivity index (χ3n) is 6.16. The van der Waals surface area contributed by atoms with Gasteiger partial charge in [-0.05, 0) is 67.1 Å². The van der Waals surface area contributed by atoms with Crippen molar-refractivity contribution in [2.45, 2.75) is 53.1 Å². The van der Waals surface area contributed by atoms with Gasteiger partial charge in [0.1, 0.15) is 6.61 Å². The fourth-order valence-corrected chi connectivity index (χ4v) is 4.19. The van der Waals surface area contributed by atoms with Gasteiger partial charge in [-0.25, -0.2) is 0 Å². The quantitative estimate of drug-likeness (QED) is 0.227. The Labute approximate surface area is 195 Å². The van der Waals surface area contributed by atoms with E-state index in [1.54, 1.807) is 0 Å². The first-order valence-corrected chi connectivity index (χ1v) is 11.7. The number of hydrogen-bond acceptors (Lipinski definition) is 5. The first-order valence-electron chi connectivity index (χ1n) is 11.7. The van der Waals surface area contributed by atoms with Crippen LogP contribution in [0.1, 0.15) is 52.0 Å². The molecular weight excluding hydrogens is 416 g/mol. The van der Waals surface area contributed by atoms with E-state index in [0.29, 0.717) is 25.7 Å². The van der Waals surface area contributed by atoms with Crippen molar-refractivity contribution in [1.82, 2.24) is 0 Å². The van der Waals surface area contributed by atoms with Crippen molar-refractivity contribution >= 4 is 33.5 Å². The van der Waals surface area contributed by atoms with Gasteiger partial charge in [0.05, 0.1) is 17.9 Å². The third-order valence-corrected chi connectivity index (χ3v) is 6.16. The molecule has 0 radical (unpaired) electrons. The van der Waals surface area contributed by atoms with Gasteiger partial charge in [0.2, 0.25) is 0 Å². The summed E-state index contributed by atoms with van der Waals surface area (Å²) in [5.74, 6) is -0.998. The number of unbranched alkanes of at least 4 members (excludes halogenated alkanes) is 1. The van der Waals surface area contributed by atoms with Crippen LogP contribution < -0.4 is 0 Å². The molecular formula is C28H34O5. The number of aliphatic hydroxyl groups is 1. The summed E-state index contributed by atoms with van der Waals surface area (Å²) in [6.45, 7) is 6.10. The van der Waals surface area contributed by atoms with Crippen molar-refractivity contribution in [1.29, 1.82) is 0 Å². The zero-order valence-electron chi connectivity index (χ0n) is 19.8. The standard InChI is InChI=1S/C28H34O5/c1-4-20(26(30)32-16-10-9-15-29)18-28(2,3)27(31)33-19-25-23-13-7-5-11-21(23)17-22-12-6-8-14-24(22)25/h5-8,11-14,17,20,29H,4,9-10,15-16,18-19H2,1-3H3. The molecule has 3 aromatic rings. The first kappa shape index (κ1) is 24.7. The Balaban J connectivity index is 1.71. The molecule has 0 aliphatic heterocycles. The number of carbonyl (C=O) groups excluding carboxylic acids is 2. The molecule has 1 N–H and O–H groups in total. The van der Waals surface area contributed by atoms with E-state index >= 15 is 0 Å². The van der Waals surface area contributed by atoms with Crippen LogP contribution in [0, 0.1) is 11.3 Å². The highest BCUT2D eigenvalue weighted by atomic mass is 16.5. The molecule has 3 aromatic carbocycles. The van der Waals surface area contributed by atoms with Crippen LogP contribution in [0.15, 0.2) is 54.6 Å². The maximum absolute atomic E-state index is 13.1. The fourth-order valence-electron chi connectivity index (χ4n) is 4.19. The highest BCUT2D eigenvalue weighted by molar-refractivity contribution is 6.02. The van der Waals surface area contributed by atoms with Crippen molar-refractivity contribution < 1.29 is 24.2 Å². The second kappa shape index (κ2) is 11.3.